The molecule has 144 valence electrons. The summed E-state index contributed by atoms with van der Waals surface area (Å²) in [5, 5.41) is 2.82. The van der Waals surface area contributed by atoms with Crippen molar-refractivity contribution in [2.45, 2.75) is 39.2 Å². The van der Waals surface area contributed by atoms with Crippen LogP contribution in [0.2, 0.25) is 0 Å². The third-order valence-electron chi connectivity index (χ3n) is 4.17. The van der Waals surface area contributed by atoms with Gasteiger partial charge in [0.05, 0.1) is 5.69 Å². The number of halogens is 2. The lowest BCUT2D eigenvalue weighted by Crippen LogP contribution is -2.43. The predicted octanol–water partition coefficient (Wildman–Crippen LogP) is 5.44. The molecule has 0 aromatic carbocycles. The molecular formula is C20H23F2N3OS. The summed E-state index contributed by atoms with van der Waals surface area (Å²) in [6.07, 6.45) is -0.349. The highest BCUT2D eigenvalue weighted by Gasteiger charge is 2.24. The zero-order chi connectivity index (χ0) is 19.6. The van der Waals surface area contributed by atoms with Crippen LogP contribution < -0.4 is 10.5 Å². The van der Waals surface area contributed by atoms with Gasteiger partial charge >= 0.3 is 0 Å². The van der Waals surface area contributed by atoms with Crippen LogP contribution in [0.15, 0.2) is 35.8 Å². The van der Waals surface area contributed by atoms with Gasteiger partial charge in [-0.25, -0.2) is 18.7 Å². The molecule has 3 rings (SSSR count). The van der Waals surface area contributed by atoms with E-state index in [1.165, 1.54) is 11.3 Å². The molecule has 1 atom stereocenters. The van der Waals surface area contributed by atoms with Crippen molar-refractivity contribution < 1.29 is 13.5 Å². The molecule has 0 spiro atoms. The molecular weight excluding hydrogens is 368 g/mol. The number of rotatable bonds is 7. The van der Waals surface area contributed by atoms with Crippen LogP contribution in [0.5, 0.6) is 5.75 Å². The Balaban J connectivity index is 1.91. The van der Waals surface area contributed by atoms with Crippen LogP contribution in [-0.2, 0) is 0 Å². The van der Waals surface area contributed by atoms with E-state index in [0.29, 0.717) is 11.6 Å². The minimum Gasteiger partial charge on any atom is -0.490 e. The Bertz CT molecular complexity index is 924. The second-order valence-corrected chi connectivity index (χ2v) is 8.31. The van der Waals surface area contributed by atoms with Gasteiger partial charge in [0.1, 0.15) is 22.9 Å². The van der Waals surface area contributed by atoms with Crippen LogP contribution in [-0.4, -0.2) is 22.1 Å². The highest BCUT2D eigenvalue weighted by atomic mass is 32.1. The van der Waals surface area contributed by atoms with Gasteiger partial charge in [-0.05, 0) is 48.9 Å². The zero-order valence-electron chi connectivity index (χ0n) is 15.6. The first-order chi connectivity index (χ1) is 12.8. The Morgan fingerprint density at radius 2 is 2.00 bits per heavy atom. The lowest BCUT2D eigenvalue weighted by molar-refractivity contribution is 0.134. The third kappa shape index (κ3) is 4.59. The number of fused-ring (bicyclic) bond motifs is 1. The van der Waals surface area contributed by atoms with Crippen molar-refractivity contribution in [2.24, 2.45) is 11.7 Å². The summed E-state index contributed by atoms with van der Waals surface area (Å²) in [4.78, 5) is 9.33. The third-order valence-corrected chi connectivity index (χ3v) is 4.99. The molecule has 0 aliphatic carbocycles. The number of hydrogen-bond acceptors (Lipinski definition) is 5. The van der Waals surface area contributed by atoms with Crippen molar-refractivity contribution in [3.05, 3.63) is 41.5 Å². The molecule has 0 unspecified atom stereocenters. The molecule has 0 bridgehead atoms. The average molecular weight is 391 g/mol. The number of thiophene rings is 1. The number of nitrogens with two attached hydrogens (primary N) is 1. The Morgan fingerprint density at radius 3 is 2.70 bits per heavy atom. The Kier molecular flexibility index (Phi) is 5.72. The average Bonchev–Trinajstić information content (AvgIpc) is 3.07. The van der Waals surface area contributed by atoms with E-state index in [0.717, 1.165) is 22.2 Å². The smallest absolute Gasteiger partial charge is 0.284 e. The van der Waals surface area contributed by atoms with Gasteiger partial charge in [0, 0.05) is 22.7 Å². The van der Waals surface area contributed by atoms with E-state index in [1.54, 1.807) is 24.4 Å². The van der Waals surface area contributed by atoms with Gasteiger partial charge in [0.2, 0.25) is 0 Å². The molecule has 3 heterocycles. The number of pyridine rings is 2. The lowest BCUT2D eigenvalue weighted by atomic mass is 9.93. The number of aromatic nitrogens is 2. The predicted molar refractivity (Wildman–Crippen MR) is 105 cm³/mol. The molecule has 3 aromatic heterocycles. The minimum atomic E-state index is -2.74. The van der Waals surface area contributed by atoms with Gasteiger partial charge in [0.25, 0.3) is 6.43 Å². The summed E-state index contributed by atoms with van der Waals surface area (Å²) in [7, 11) is 0. The van der Waals surface area contributed by atoms with E-state index in [2.05, 4.69) is 23.8 Å². The maximum absolute atomic E-state index is 13.6. The molecule has 0 radical (unpaired) electrons. The number of ether oxygens (including phenoxy) is 1. The molecule has 0 saturated heterocycles. The van der Waals surface area contributed by atoms with Crippen molar-refractivity contribution in [1.82, 2.24) is 9.97 Å². The molecule has 7 heteroatoms. The first-order valence-corrected chi connectivity index (χ1v) is 9.68. The van der Waals surface area contributed by atoms with Crippen molar-refractivity contribution in [3.8, 4) is 17.0 Å². The first-order valence-electron chi connectivity index (χ1n) is 8.80. The highest BCUT2D eigenvalue weighted by molar-refractivity contribution is 7.16. The normalized spacial score (nSPS) is 14.1. The summed E-state index contributed by atoms with van der Waals surface area (Å²) in [5.41, 5.74) is 6.51. The summed E-state index contributed by atoms with van der Waals surface area (Å²) in [5.74, 6) is 0.461. The van der Waals surface area contributed by atoms with E-state index >= 15 is 0 Å². The molecule has 0 fully saturated rings. The van der Waals surface area contributed by atoms with E-state index in [4.69, 9.17) is 10.5 Å². The van der Waals surface area contributed by atoms with Crippen LogP contribution in [0.4, 0.5) is 8.78 Å². The molecule has 0 aliphatic heterocycles. The largest absolute Gasteiger partial charge is 0.490 e. The second kappa shape index (κ2) is 7.86. The molecule has 2 N–H and O–H groups in total. The fourth-order valence-electron chi connectivity index (χ4n) is 3.22. The summed E-state index contributed by atoms with van der Waals surface area (Å²) < 4.78 is 32.9. The van der Waals surface area contributed by atoms with E-state index in [1.807, 2.05) is 18.4 Å². The van der Waals surface area contributed by atoms with Gasteiger partial charge in [-0.15, -0.1) is 11.3 Å². The van der Waals surface area contributed by atoms with E-state index in [-0.39, 0.29) is 18.1 Å². The van der Waals surface area contributed by atoms with Gasteiger partial charge in [-0.1, -0.05) is 13.8 Å². The molecule has 0 amide bonds. The minimum absolute atomic E-state index is 0.0739. The van der Waals surface area contributed by atoms with Crippen molar-refractivity contribution >= 4 is 21.6 Å². The van der Waals surface area contributed by atoms with Crippen LogP contribution in [0.25, 0.3) is 21.5 Å². The van der Waals surface area contributed by atoms with Crippen LogP contribution in [0.3, 0.4) is 0 Å². The lowest BCUT2D eigenvalue weighted by Gasteiger charge is -2.27. The molecule has 27 heavy (non-hydrogen) atoms. The fraction of sp³-hybridized carbons (Fsp3) is 0.400. The van der Waals surface area contributed by atoms with Gasteiger partial charge in [0.15, 0.2) is 0 Å². The second-order valence-electron chi connectivity index (χ2n) is 7.42. The molecule has 4 nitrogen and oxygen atoms in total. The first kappa shape index (κ1) is 19.6. The maximum atomic E-state index is 13.6. The summed E-state index contributed by atoms with van der Waals surface area (Å²) >= 11 is 1.50. The summed E-state index contributed by atoms with van der Waals surface area (Å²) in [6, 6.07) is 6.95. The number of alkyl halides is 2. The molecule has 0 saturated carbocycles. The number of hydrogen-bond donors (Lipinski definition) is 1. The quantitative estimate of drug-likeness (QED) is 0.583. The highest BCUT2D eigenvalue weighted by Crippen LogP contribution is 2.34. The fourth-order valence-corrected chi connectivity index (χ4v) is 3.98. The topological polar surface area (TPSA) is 61.0 Å². The summed E-state index contributed by atoms with van der Waals surface area (Å²) in [6.45, 7) is 6.13. The van der Waals surface area contributed by atoms with Crippen LogP contribution in [0, 0.1) is 5.92 Å². The van der Waals surface area contributed by atoms with Gasteiger partial charge in [-0.2, -0.15) is 0 Å². The molecule has 0 aliphatic rings. The Labute approximate surface area is 161 Å². The number of nitrogens with zero attached hydrogens (tertiary/aromatic N) is 2. The Morgan fingerprint density at radius 1 is 1.22 bits per heavy atom. The van der Waals surface area contributed by atoms with E-state index in [9.17, 15) is 8.78 Å². The van der Waals surface area contributed by atoms with Gasteiger partial charge in [-0.3, -0.25) is 0 Å². The standard InChI is InChI=1S/C20H23F2N3OS/c1-12(2)10-20(3,23)11-26-16-5-4-15(25-17(16)18(21)22)13-6-8-24-19-14(13)7-9-27-19/h4-9,12,18H,10-11,23H2,1-3H3/t20-/m0/s1. The van der Waals surface area contributed by atoms with Crippen LogP contribution >= 0.6 is 11.3 Å². The monoisotopic (exact) mass is 391 g/mol. The van der Waals surface area contributed by atoms with E-state index < -0.39 is 12.0 Å². The zero-order valence-corrected chi connectivity index (χ0v) is 16.4. The van der Waals surface area contributed by atoms with Crippen LogP contribution in [0.1, 0.15) is 39.3 Å². The SMILES string of the molecule is CC(C)C[C@](C)(N)COc1ccc(-c2ccnc3sccc23)nc1C(F)F. The Hall–Kier alpha value is -2.12. The maximum Gasteiger partial charge on any atom is 0.284 e. The van der Waals surface area contributed by atoms with Gasteiger partial charge < -0.3 is 10.5 Å². The van der Waals surface area contributed by atoms with Crippen molar-refractivity contribution in [2.75, 3.05) is 6.61 Å². The molecule has 3 aromatic rings. The van der Waals surface area contributed by atoms with Crippen molar-refractivity contribution in [3.63, 3.8) is 0 Å². The van der Waals surface area contributed by atoms with Crippen molar-refractivity contribution in [1.29, 1.82) is 0 Å².